The van der Waals surface area contributed by atoms with Crippen LogP contribution in [0.4, 0.5) is 5.69 Å². The third-order valence-corrected chi connectivity index (χ3v) is 5.68. The molecule has 2 aromatic carbocycles. The van der Waals surface area contributed by atoms with Crippen molar-refractivity contribution in [1.82, 2.24) is 15.1 Å². The predicted octanol–water partition coefficient (Wildman–Crippen LogP) is 3.46. The van der Waals surface area contributed by atoms with Gasteiger partial charge in [0.05, 0.1) is 18.4 Å². The van der Waals surface area contributed by atoms with Crippen LogP contribution in [0, 0.1) is 24.2 Å². The summed E-state index contributed by atoms with van der Waals surface area (Å²) in [5.41, 5.74) is 2.92. The minimum absolute atomic E-state index is 0.0568. The molecule has 1 N–H and O–H groups in total. The van der Waals surface area contributed by atoms with Crippen molar-refractivity contribution in [2.75, 3.05) is 11.5 Å². The van der Waals surface area contributed by atoms with E-state index in [-0.39, 0.29) is 17.3 Å². The number of ether oxygens (including phenoxy) is 1. The number of rotatable bonds is 5. The minimum atomic E-state index is -1.13. The number of carbonyl (C=O) groups is 2. The highest BCUT2D eigenvalue weighted by atomic mass is 32.1. The average molecular weight is 460 g/mol. The molecule has 0 saturated carbocycles. The van der Waals surface area contributed by atoms with Crippen LogP contribution in [0.3, 0.4) is 0 Å². The molecular weight excluding hydrogens is 438 g/mol. The van der Waals surface area contributed by atoms with Gasteiger partial charge in [-0.05, 0) is 38.1 Å². The molecule has 1 saturated heterocycles. The first-order chi connectivity index (χ1) is 15.9. The Morgan fingerprint density at radius 1 is 1.18 bits per heavy atom. The lowest BCUT2D eigenvalue weighted by molar-refractivity contribution is -0.123. The number of nitrogens with zero attached hydrogens (tertiary/aromatic N) is 4. The van der Waals surface area contributed by atoms with Gasteiger partial charge in [-0.3, -0.25) is 4.79 Å². The normalized spacial score (nSPS) is 17.9. The number of nitriles is 1. The van der Waals surface area contributed by atoms with Crippen LogP contribution < -0.4 is 10.2 Å². The lowest BCUT2D eigenvalue weighted by Gasteiger charge is -2.39. The van der Waals surface area contributed by atoms with Gasteiger partial charge in [-0.15, -0.1) is 0 Å². The average Bonchev–Trinajstić information content (AvgIpc) is 3.26. The third-order valence-electron chi connectivity index (χ3n) is 5.25. The van der Waals surface area contributed by atoms with Crippen molar-refractivity contribution in [1.29, 1.82) is 5.26 Å². The van der Waals surface area contributed by atoms with E-state index in [4.69, 9.17) is 17.0 Å². The summed E-state index contributed by atoms with van der Waals surface area (Å²) >= 11 is 5.58. The molecule has 0 unspecified atom stereocenters. The Morgan fingerprint density at radius 2 is 1.88 bits per heavy atom. The molecule has 2 heterocycles. The molecule has 3 aromatic rings. The molecule has 2 atom stereocenters. The van der Waals surface area contributed by atoms with Crippen LogP contribution in [0.15, 0.2) is 60.8 Å². The second-order valence-electron chi connectivity index (χ2n) is 7.45. The summed E-state index contributed by atoms with van der Waals surface area (Å²) in [4.78, 5) is 27.4. The molecule has 1 fully saturated rings. The van der Waals surface area contributed by atoms with Crippen molar-refractivity contribution in [3.63, 3.8) is 0 Å². The Hall–Kier alpha value is -4.03. The largest absolute Gasteiger partial charge is 0.461 e. The van der Waals surface area contributed by atoms with Crippen LogP contribution in [-0.2, 0) is 9.53 Å². The van der Waals surface area contributed by atoms with Crippen LogP contribution in [0.25, 0.3) is 5.69 Å². The monoisotopic (exact) mass is 459 g/mol. The van der Waals surface area contributed by atoms with Crippen molar-refractivity contribution < 1.29 is 14.3 Å². The number of hydrogen-bond donors (Lipinski definition) is 1. The van der Waals surface area contributed by atoms with Gasteiger partial charge in [0.2, 0.25) is 5.91 Å². The number of carbonyl (C=O) groups excluding carboxylic acids is 2. The number of benzene rings is 2. The third kappa shape index (κ3) is 4.21. The molecule has 0 aliphatic carbocycles. The Morgan fingerprint density at radius 3 is 2.52 bits per heavy atom. The van der Waals surface area contributed by atoms with Gasteiger partial charge in [0.25, 0.3) is 0 Å². The van der Waals surface area contributed by atoms with Crippen molar-refractivity contribution >= 4 is 34.8 Å². The standard InChI is InChI=1S/C24H21N5O3S/c1-3-32-24(31)20-19(14-28(27-20)16-7-5-4-6-8-16)21-26-22(30)18(13-25)23(33)29(21)17-11-9-15(2)10-12-17/h4-12,14,18,21H,3H2,1-2H3,(H,26,30)/t18-,21-/m0/s1. The van der Waals surface area contributed by atoms with Crippen molar-refractivity contribution in [2.24, 2.45) is 5.92 Å². The molecule has 9 heteroatoms. The molecule has 0 spiro atoms. The zero-order valence-corrected chi connectivity index (χ0v) is 18.9. The van der Waals surface area contributed by atoms with Crippen molar-refractivity contribution in [3.05, 3.63) is 77.6 Å². The van der Waals surface area contributed by atoms with Gasteiger partial charge < -0.3 is 15.0 Å². The van der Waals surface area contributed by atoms with Gasteiger partial charge in [0, 0.05) is 17.4 Å². The molecule has 1 aromatic heterocycles. The quantitative estimate of drug-likeness (QED) is 0.461. The molecule has 1 aliphatic rings. The zero-order chi connectivity index (χ0) is 23.5. The first-order valence-corrected chi connectivity index (χ1v) is 10.8. The van der Waals surface area contributed by atoms with Gasteiger partial charge in [0.1, 0.15) is 11.2 Å². The summed E-state index contributed by atoms with van der Waals surface area (Å²) < 4.78 is 6.79. The maximum Gasteiger partial charge on any atom is 0.359 e. The molecule has 1 aliphatic heterocycles. The zero-order valence-electron chi connectivity index (χ0n) is 18.1. The number of thiocarbonyl (C=S) groups is 1. The first-order valence-electron chi connectivity index (χ1n) is 10.4. The van der Waals surface area contributed by atoms with Gasteiger partial charge in [-0.1, -0.05) is 48.1 Å². The molecular formula is C24H21N5O3S. The van der Waals surface area contributed by atoms with Crippen LogP contribution >= 0.6 is 12.2 Å². The van der Waals surface area contributed by atoms with Crippen LogP contribution in [-0.4, -0.2) is 33.3 Å². The minimum Gasteiger partial charge on any atom is -0.461 e. The lowest BCUT2D eigenvalue weighted by atomic mass is 10.0. The molecule has 166 valence electrons. The van der Waals surface area contributed by atoms with E-state index in [1.165, 1.54) is 0 Å². The first kappa shape index (κ1) is 22.2. The number of aryl methyl sites for hydroxylation is 1. The van der Waals surface area contributed by atoms with Crippen molar-refractivity contribution in [3.8, 4) is 11.8 Å². The maximum atomic E-state index is 12.8. The van der Waals surface area contributed by atoms with E-state index in [9.17, 15) is 14.9 Å². The fourth-order valence-electron chi connectivity index (χ4n) is 3.63. The highest BCUT2D eigenvalue weighted by Crippen LogP contribution is 2.34. The fraction of sp³-hybridized carbons (Fsp3) is 0.208. The van der Waals surface area contributed by atoms with Gasteiger partial charge in [-0.2, -0.15) is 10.4 Å². The van der Waals surface area contributed by atoms with Gasteiger partial charge in [0.15, 0.2) is 11.6 Å². The summed E-state index contributed by atoms with van der Waals surface area (Å²) in [6, 6.07) is 18.8. The molecule has 1 amide bonds. The van der Waals surface area contributed by atoms with E-state index in [2.05, 4.69) is 10.4 Å². The number of anilines is 1. The van der Waals surface area contributed by atoms with E-state index in [1.807, 2.05) is 67.6 Å². The van der Waals surface area contributed by atoms with E-state index in [0.29, 0.717) is 11.3 Å². The Kier molecular flexibility index (Phi) is 6.20. The van der Waals surface area contributed by atoms with E-state index in [1.54, 1.807) is 22.7 Å². The molecule has 33 heavy (non-hydrogen) atoms. The van der Waals surface area contributed by atoms with Gasteiger partial charge in [-0.25, -0.2) is 9.48 Å². The summed E-state index contributed by atoms with van der Waals surface area (Å²) in [7, 11) is 0. The molecule has 0 bridgehead atoms. The number of amides is 1. The molecule has 4 rings (SSSR count). The van der Waals surface area contributed by atoms with Crippen molar-refractivity contribution in [2.45, 2.75) is 20.0 Å². The van der Waals surface area contributed by atoms with E-state index < -0.39 is 24.0 Å². The fourth-order valence-corrected chi connectivity index (χ4v) is 4.00. The number of hydrogen-bond acceptors (Lipinski definition) is 6. The van der Waals surface area contributed by atoms with Crippen LogP contribution in [0.2, 0.25) is 0 Å². The Labute approximate surface area is 196 Å². The predicted molar refractivity (Wildman–Crippen MR) is 126 cm³/mol. The Balaban J connectivity index is 1.88. The smallest absolute Gasteiger partial charge is 0.359 e. The van der Waals surface area contributed by atoms with Crippen LogP contribution in [0.5, 0.6) is 0 Å². The number of nitrogens with one attached hydrogen (secondary N) is 1. The van der Waals surface area contributed by atoms with E-state index >= 15 is 0 Å². The van der Waals surface area contributed by atoms with Crippen LogP contribution in [0.1, 0.15) is 34.7 Å². The second-order valence-corrected chi connectivity index (χ2v) is 7.87. The summed E-state index contributed by atoms with van der Waals surface area (Å²) in [6.07, 6.45) is 0.817. The summed E-state index contributed by atoms with van der Waals surface area (Å²) in [5, 5.41) is 16.9. The number of para-hydroxylation sites is 1. The van der Waals surface area contributed by atoms with Gasteiger partial charge >= 0.3 is 5.97 Å². The SMILES string of the molecule is CCOC(=O)c1nn(-c2ccccc2)cc1[C@H]1NC(=O)[C@H](C#N)C(=S)N1c1ccc(C)cc1. The molecule has 0 radical (unpaired) electrons. The summed E-state index contributed by atoms with van der Waals surface area (Å²) in [6.45, 7) is 3.84. The van der Waals surface area contributed by atoms with E-state index in [0.717, 1.165) is 11.3 Å². The molecule has 8 nitrogen and oxygen atoms in total. The summed E-state index contributed by atoms with van der Waals surface area (Å²) in [5.74, 6) is -2.28. The highest BCUT2D eigenvalue weighted by Gasteiger charge is 2.42. The lowest BCUT2D eigenvalue weighted by Crippen LogP contribution is -2.55. The number of aromatic nitrogens is 2. The Bertz CT molecular complexity index is 1250. The maximum absolute atomic E-state index is 12.8. The highest BCUT2D eigenvalue weighted by molar-refractivity contribution is 7.80. The topological polar surface area (TPSA) is 100 Å². The number of esters is 1. The second kappa shape index (κ2) is 9.22.